The quantitative estimate of drug-likeness (QED) is 0.513. The number of piperidine rings is 1. The van der Waals surface area contributed by atoms with Gasteiger partial charge in [0.2, 0.25) is 0 Å². The number of para-hydroxylation sites is 1. The topological polar surface area (TPSA) is 50.5 Å². The molecule has 1 aliphatic rings. The number of carbonyl (C=O) groups excluding carboxylic acids is 1. The fourth-order valence-electron chi connectivity index (χ4n) is 3.80. The highest BCUT2D eigenvalue weighted by Crippen LogP contribution is 2.36. The maximum Gasteiger partial charge on any atom is 0.274 e. The molecule has 0 N–H and O–H groups in total. The lowest BCUT2D eigenvalue weighted by atomic mass is 10.0. The summed E-state index contributed by atoms with van der Waals surface area (Å²) in [5.41, 5.74) is 3.47. The summed E-state index contributed by atoms with van der Waals surface area (Å²) in [6.07, 6.45) is 6.89. The summed E-state index contributed by atoms with van der Waals surface area (Å²) in [6.45, 7) is 2.79. The SMILES string of the molecule is Cc1ccn2cc(C(=O)N3CCCCC3c3nc4ccccc4s3)nc2c1. The van der Waals surface area contributed by atoms with Gasteiger partial charge in [-0.3, -0.25) is 4.79 Å². The van der Waals surface area contributed by atoms with E-state index < -0.39 is 0 Å². The fraction of sp³-hybridized carbons (Fsp3) is 0.286. The molecule has 1 amide bonds. The standard InChI is InChI=1S/C21H20N4OS/c1-14-9-11-24-13-16(22-19(24)12-14)21(26)25-10-5-4-7-17(25)20-23-15-6-2-3-8-18(15)27-20/h2-3,6,8-9,11-13,17H,4-5,7,10H2,1H3. The molecule has 27 heavy (non-hydrogen) atoms. The molecule has 6 heteroatoms. The van der Waals surface area contributed by atoms with Gasteiger partial charge in [0.05, 0.1) is 16.3 Å². The second-order valence-electron chi connectivity index (χ2n) is 7.13. The number of nitrogens with zero attached hydrogens (tertiary/aromatic N) is 4. The van der Waals surface area contributed by atoms with Gasteiger partial charge in [0.1, 0.15) is 16.3 Å². The maximum absolute atomic E-state index is 13.3. The third-order valence-corrected chi connectivity index (χ3v) is 6.33. The highest BCUT2D eigenvalue weighted by molar-refractivity contribution is 7.18. The Kier molecular flexibility index (Phi) is 3.93. The zero-order valence-electron chi connectivity index (χ0n) is 15.1. The maximum atomic E-state index is 13.3. The van der Waals surface area contributed by atoms with E-state index in [1.54, 1.807) is 11.3 Å². The summed E-state index contributed by atoms with van der Waals surface area (Å²) in [7, 11) is 0. The van der Waals surface area contributed by atoms with Gasteiger partial charge in [-0.05, 0) is 56.0 Å². The van der Waals surface area contributed by atoms with E-state index in [0.717, 1.165) is 47.5 Å². The van der Waals surface area contributed by atoms with Crippen molar-refractivity contribution in [2.75, 3.05) is 6.54 Å². The molecule has 1 aliphatic heterocycles. The number of likely N-dealkylation sites (tertiary alicyclic amines) is 1. The van der Waals surface area contributed by atoms with Crippen LogP contribution in [0.25, 0.3) is 15.9 Å². The molecular weight excluding hydrogens is 356 g/mol. The van der Waals surface area contributed by atoms with E-state index in [-0.39, 0.29) is 11.9 Å². The molecule has 1 aromatic carbocycles. The van der Waals surface area contributed by atoms with Gasteiger partial charge in [-0.25, -0.2) is 9.97 Å². The monoisotopic (exact) mass is 376 g/mol. The van der Waals surface area contributed by atoms with Crippen molar-refractivity contribution in [3.63, 3.8) is 0 Å². The second kappa shape index (κ2) is 6.46. The molecule has 1 atom stereocenters. The van der Waals surface area contributed by atoms with E-state index in [1.165, 1.54) is 4.70 Å². The molecule has 5 nitrogen and oxygen atoms in total. The first kappa shape index (κ1) is 16.4. The van der Waals surface area contributed by atoms with Crippen LogP contribution < -0.4 is 0 Å². The first-order valence-electron chi connectivity index (χ1n) is 9.31. The average Bonchev–Trinajstić information content (AvgIpc) is 3.31. The van der Waals surface area contributed by atoms with Crippen LogP contribution in [0.2, 0.25) is 0 Å². The molecule has 4 heterocycles. The molecule has 0 radical (unpaired) electrons. The van der Waals surface area contributed by atoms with Crippen molar-refractivity contribution in [1.82, 2.24) is 19.3 Å². The van der Waals surface area contributed by atoms with E-state index in [4.69, 9.17) is 4.98 Å². The molecule has 0 bridgehead atoms. The van der Waals surface area contributed by atoms with Crippen LogP contribution in [0.1, 0.15) is 46.4 Å². The summed E-state index contributed by atoms with van der Waals surface area (Å²) < 4.78 is 3.09. The third-order valence-electron chi connectivity index (χ3n) is 5.19. The van der Waals surface area contributed by atoms with Crippen LogP contribution in [0.5, 0.6) is 0 Å². The predicted octanol–water partition coefficient (Wildman–Crippen LogP) is 4.62. The van der Waals surface area contributed by atoms with Gasteiger partial charge in [0, 0.05) is 18.9 Å². The Balaban J connectivity index is 1.51. The normalized spacial score (nSPS) is 17.7. The van der Waals surface area contributed by atoms with E-state index >= 15 is 0 Å². The number of benzene rings is 1. The van der Waals surface area contributed by atoms with Gasteiger partial charge in [0.25, 0.3) is 5.91 Å². The summed E-state index contributed by atoms with van der Waals surface area (Å²) in [4.78, 5) is 24.6. The number of imidazole rings is 1. The number of aryl methyl sites for hydroxylation is 1. The summed E-state index contributed by atoms with van der Waals surface area (Å²) >= 11 is 1.70. The van der Waals surface area contributed by atoms with E-state index in [1.807, 2.05) is 58.9 Å². The van der Waals surface area contributed by atoms with E-state index in [2.05, 4.69) is 11.1 Å². The number of hydrogen-bond acceptors (Lipinski definition) is 4. The Morgan fingerprint density at radius 1 is 1.19 bits per heavy atom. The summed E-state index contributed by atoms with van der Waals surface area (Å²) in [6, 6.07) is 12.2. The van der Waals surface area contributed by atoms with Gasteiger partial charge >= 0.3 is 0 Å². The van der Waals surface area contributed by atoms with Crippen LogP contribution in [0.15, 0.2) is 48.8 Å². The number of amides is 1. The highest BCUT2D eigenvalue weighted by Gasteiger charge is 2.32. The Labute approximate surface area is 161 Å². The van der Waals surface area contributed by atoms with Crippen LogP contribution in [0.4, 0.5) is 0 Å². The van der Waals surface area contributed by atoms with Crippen molar-refractivity contribution in [3.8, 4) is 0 Å². The Hall–Kier alpha value is -2.73. The zero-order valence-corrected chi connectivity index (χ0v) is 15.9. The van der Waals surface area contributed by atoms with Crippen LogP contribution >= 0.6 is 11.3 Å². The average molecular weight is 376 g/mol. The van der Waals surface area contributed by atoms with Crippen molar-refractivity contribution in [2.24, 2.45) is 0 Å². The third kappa shape index (κ3) is 2.90. The summed E-state index contributed by atoms with van der Waals surface area (Å²) in [5.74, 6) is 0.000286. The number of hydrogen-bond donors (Lipinski definition) is 0. The lowest BCUT2D eigenvalue weighted by Crippen LogP contribution is -2.38. The number of pyridine rings is 1. The fourth-order valence-corrected chi connectivity index (χ4v) is 4.91. The van der Waals surface area contributed by atoms with Gasteiger partial charge in [-0.2, -0.15) is 0 Å². The molecule has 136 valence electrons. The molecule has 0 saturated carbocycles. The predicted molar refractivity (Wildman–Crippen MR) is 107 cm³/mol. The van der Waals surface area contributed by atoms with Gasteiger partial charge in [0.15, 0.2) is 0 Å². The van der Waals surface area contributed by atoms with Gasteiger partial charge < -0.3 is 9.30 Å². The first-order valence-corrected chi connectivity index (χ1v) is 10.1. The number of carbonyl (C=O) groups is 1. The van der Waals surface area contributed by atoms with Crippen molar-refractivity contribution >= 4 is 33.1 Å². The molecule has 4 aromatic rings. The lowest BCUT2D eigenvalue weighted by molar-refractivity contribution is 0.0606. The molecule has 0 spiro atoms. The number of fused-ring (bicyclic) bond motifs is 2. The zero-order chi connectivity index (χ0) is 18.4. The first-order chi connectivity index (χ1) is 13.2. The van der Waals surface area contributed by atoms with Crippen LogP contribution in [-0.2, 0) is 0 Å². The molecule has 1 unspecified atom stereocenters. The molecule has 1 fully saturated rings. The number of rotatable bonds is 2. The second-order valence-corrected chi connectivity index (χ2v) is 8.19. The van der Waals surface area contributed by atoms with Crippen LogP contribution in [0, 0.1) is 6.92 Å². The number of aromatic nitrogens is 3. The molecular formula is C21H20N4OS. The smallest absolute Gasteiger partial charge is 0.274 e. The summed E-state index contributed by atoms with van der Waals surface area (Å²) in [5, 5.41) is 1.03. The number of thiazole rings is 1. The van der Waals surface area contributed by atoms with E-state index in [9.17, 15) is 4.79 Å². The van der Waals surface area contributed by atoms with Crippen molar-refractivity contribution < 1.29 is 4.79 Å². The van der Waals surface area contributed by atoms with Crippen molar-refractivity contribution in [3.05, 3.63) is 65.1 Å². The van der Waals surface area contributed by atoms with Crippen molar-refractivity contribution in [1.29, 1.82) is 0 Å². The van der Waals surface area contributed by atoms with Crippen LogP contribution in [-0.4, -0.2) is 31.7 Å². The Morgan fingerprint density at radius 3 is 2.96 bits per heavy atom. The molecule has 0 aliphatic carbocycles. The largest absolute Gasteiger partial charge is 0.328 e. The van der Waals surface area contributed by atoms with E-state index in [0.29, 0.717) is 5.69 Å². The van der Waals surface area contributed by atoms with Gasteiger partial charge in [-0.1, -0.05) is 12.1 Å². The van der Waals surface area contributed by atoms with Crippen LogP contribution in [0.3, 0.4) is 0 Å². The minimum Gasteiger partial charge on any atom is -0.328 e. The Morgan fingerprint density at radius 2 is 2.07 bits per heavy atom. The minimum atomic E-state index is 0.000286. The Bertz CT molecular complexity index is 1110. The minimum absolute atomic E-state index is 0.000286. The molecule has 5 rings (SSSR count). The highest BCUT2D eigenvalue weighted by atomic mass is 32.1. The van der Waals surface area contributed by atoms with Gasteiger partial charge in [-0.15, -0.1) is 11.3 Å². The van der Waals surface area contributed by atoms with Crippen molar-refractivity contribution in [2.45, 2.75) is 32.2 Å². The molecule has 3 aromatic heterocycles. The lowest BCUT2D eigenvalue weighted by Gasteiger charge is -2.34. The molecule has 1 saturated heterocycles.